The van der Waals surface area contributed by atoms with E-state index in [1.165, 1.54) is 0 Å². The van der Waals surface area contributed by atoms with E-state index in [4.69, 9.17) is 19.9 Å². The molecule has 2 N–H and O–H groups in total. The molecule has 3 heterocycles. The molecule has 2 unspecified atom stereocenters. The fourth-order valence-electron chi connectivity index (χ4n) is 5.68. The number of pyridine rings is 1. The molecule has 2 aromatic rings. The molecular formula is C31H40N4O5. The first kappa shape index (κ1) is 28.1. The van der Waals surface area contributed by atoms with Gasteiger partial charge in [0.05, 0.1) is 25.4 Å². The molecule has 2 atom stereocenters. The summed E-state index contributed by atoms with van der Waals surface area (Å²) in [7, 11) is 1.64. The number of nitrogens with zero attached hydrogens (tertiary/aromatic N) is 3. The van der Waals surface area contributed by atoms with Gasteiger partial charge in [-0.15, -0.1) is 0 Å². The number of hydrogen-bond donors (Lipinski definition) is 2. The second kappa shape index (κ2) is 10.8. The summed E-state index contributed by atoms with van der Waals surface area (Å²) in [5, 5.41) is 18.2. The van der Waals surface area contributed by atoms with Crippen LogP contribution in [0.5, 0.6) is 5.75 Å². The molecule has 0 amide bonds. The van der Waals surface area contributed by atoms with Gasteiger partial charge in [0.25, 0.3) is 0 Å². The predicted molar refractivity (Wildman–Crippen MR) is 153 cm³/mol. The third-order valence-electron chi connectivity index (χ3n) is 8.12. The number of amidine groups is 1. The van der Waals surface area contributed by atoms with Crippen molar-refractivity contribution in [2.75, 3.05) is 31.6 Å². The molecule has 2 fully saturated rings. The van der Waals surface area contributed by atoms with Crippen molar-refractivity contribution in [1.82, 2.24) is 9.88 Å². The second-order valence-electron chi connectivity index (χ2n) is 12.2. The molecule has 0 radical (unpaired) electrons. The molecule has 214 valence electrons. The minimum atomic E-state index is -0.949. The van der Waals surface area contributed by atoms with E-state index in [0.717, 1.165) is 35.3 Å². The number of methoxy groups -OCH3 is 1. The standard InChI is InChI=1S/C31H40N4O5/c1-6-26(30(37)38)40-21-11-12-34(16-21)24-14-20(13-22(28(24)39-5)31(2,3)4)25(36)17-35-15-19-9-10-23(18-7-8-18)33-27(19)29(35)32/h9-10,13-14,18,21,26,32H,6-8,11-12,15-17H2,1-5H3,(H,37,38). The average Bonchev–Trinajstić information content (AvgIpc) is 3.59. The molecule has 9 heteroatoms. The summed E-state index contributed by atoms with van der Waals surface area (Å²) in [6.45, 7) is 9.85. The van der Waals surface area contributed by atoms with E-state index in [0.29, 0.717) is 61.2 Å². The minimum absolute atomic E-state index is 0.0710. The number of aromatic nitrogens is 1. The van der Waals surface area contributed by atoms with Crippen molar-refractivity contribution in [2.24, 2.45) is 0 Å². The van der Waals surface area contributed by atoms with E-state index in [1.807, 2.05) is 12.1 Å². The van der Waals surface area contributed by atoms with Crippen LogP contribution in [0.2, 0.25) is 0 Å². The molecule has 1 aromatic carbocycles. The molecule has 5 rings (SSSR count). The van der Waals surface area contributed by atoms with E-state index in [1.54, 1.807) is 18.9 Å². The van der Waals surface area contributed by atoms with Gasteiger partial charge in [-0.3, -0.25) is 10.2 Å². The number of fused-ring (bicyclic) bond motifs is 1. The topological polar surface area (TPSA) is 116 Å². The van der Waals surface area contributed by atoms with Crippen LogP contribution in [0.25, 0.3) is 0 Å². The highest BCUT2D eigenvalue weighted by Gasteiger charge is 2.34. The lowest BCUT2D eigenvalue weighted by Crippen LogP contribution is -2.32. The monoisotopic (exact) mass is 548 g/mol. The first-order chi connectivity index (χ1) is 19.0. The van der Waals surface area contributed by atoms with Gasteiger partial charge >= 0.3 is 5.97 Å². The Labute approximate surface area is 236 Å². The number of hydrogen-bond acceptors (Lipinski definition) is 7. The SMILES string of the molecule is CCC(OC1CCN(c2cc(C(=O)CN3Cc4ccc(C5CC5)nc4C3=N)cc(C(C)(C)C)c2OC)C1)C(=O)O. The van der Waals surface area contributed by atoms with E-state index < -0.39 is 12.1 Å². The van der Waals surface area contributed by atoms with Crippen molar-refractivity contribution < 1.29 is 24.2 Å². The molecule has 1 saturated heterocycles. The van der Waals surface area contributed by atoms with Crippen molar-refractivity contribution >= 4 is 23.3 Å². The van der Waals surface area contributed by atoms with E-state index in [9.17, 15) is 14.7 Å². The number of ketones is 1. The maximum absolute atomic E-state index is 13.7. The number of benzene rings is 1. The van der Waals surface area contributed by atoms with E-state index in [2.05, 4.69) is 37.8 Å². The summed E-state index contributed by atoms with van der Waals surface area (Å²) in [6, 6.07) is 7.91. The maximum atomic E-state index is 13.7. The van der Waals surface area contributed by atoms with Crippen molar-refractivity contribution in [1.29, 1.82) is 5.41 Å². The molecule has 0 spiro atoms. The maximum Gasteiger partial charge on any atom is 0.332 e. The summed E-state index contributed by atoms with van der Waals surface area (Å²) < 4.78 is 11.8. The largest absolute Gasteiger partial charge is 0.494 e. The zero-order valence-corrected chi connectivity index (χ0v) is 24.1. The van der Waals surface area contributed by atoms with Crippen LogP contribution < -0.4 is 9.64 Å². The van der Waals surface area contributed by atoms with Gasteiger partial charge in [-0.25, -0.2) is 9.78 Å². The van der Waals surface area contributed by atoms with Gasteiger partial charge in [-0.1, -0.05) is 33.8 Å². The van der Waals surface area contributed by atoms with Crippen molar-refractivity contribution in [2.45, 2.75) is 83.5 Å². The number of carbonyl (C=O) groups excluding carboxylic acids is 1. The van der Waals surface area contributed by atoms with Gasteiger partial charge in [0.2, 0.25) is 0 Å². The molecular weight excluding hydrogens is 508 g/mol. The fourth-order valence-corrected chi connectivity index (χ4v) is 5.68. The summed E-state index contributed by atoms with van der Waals surface area (Å²) in [5.41, 5.74) is 4.74. The van der Waals surface area contributed by atoms with Crippen LogP contribution >= 0.6 is 0 Å². The molecule has 0 bridgehead atoms. The molecule has 9 nitrogen and oxygen atoms in total. The Morgan fingerprint density at radius 2 is 1.95 bits per heavy atom. The highest BCUT2D eigenvalue weighted by Crippen LogP contribution is 2.42. The second-order valence-corrected chi connectivity index (χ2v) is 12.2. The zero-order chi connectivity index (χ0) is 28.8. The first-order valence-corrected chi connectivity index (χ1v) is 14.2. The van der Waals surface area contributed by atoms with Crippen LogP contribution in [0.15, 0.2) is 24.3 Å². The number of aliphatic carboxylic acids is 1. The third-order valence-corrected chi connectivity index (χ3v) is 8.12. The van der Waals surface area contributed by atoms with Crippen LogP contribution in [-0.2, 0) is 21.5 Å². The van der Waals surface area contributed by atoms with Gasteiger partial charge in [0, 0.05) is 47.9 Å². The number of ether oxygens (including phenoxy) is 2. The molecule has 3 aliphatic rings. The Morgan fingerprint density at radius 3 is 2.58 bits per heavy atom. The summed E-state index contributed by atoms with van der Waals surface area (Å²) in [6.07, 6.45) is 2.34. The molecule has 2 aliphatic heterocycles. The quantitative estimate of drug-likeness (QED) is 0.409. The van der Waals surface area contributed by atoms with Crippen LogP contribution in [0, 0.1) is 5.41 Å². The number of carboxylic acid groups (broad SMARTS) is 1. The van der Waals surface area contributed by atoms with Crippen molar-refractivity contribution in [3.05, 3.63) is 52.3 Å². The number of rotatable bonds is 10. The smallest absolute Gasteiger partial charge is 0.332 e. The Balaban J connectivity index is 1.39. The first-order valence-electron chi connectivity index (χ1n) is 14.2. The molecule has 1 saturated carbocycles. The number of anilines is 1. The van der Waals surface area contributed by atoms with Crippen LogP contribution in [0.1, 0.15) is 92.2 Å². The normalized spacial score (nSPS) is 19.6. The summed E-state index contributed by atoms with van der Waals surface area (Å²) in [4.78, 5) is 33.9. The minimum Gasteiger partial charge on any atom is -0.494 e. The summed E-state index contributed by atoms with van der Waals surface area (Å²) in [5.74, 6) is 0.509. The number of Topliss-reactive ketones (excluding diaryl/α,β-unsaturated/α-hetero) is 1. The van der Waals surface area contributed by atoms with Gasteiger partial charge in [-0.05, 0) is 49.3 Å². The number of carboxylic acids is 1. The Morgan fingerprint density at radius 1 is 1.20 bits per heavy atom. The predicted octanol–water partition coefficient (Wildman–Crippen LogP) is 4.75. The third kappa shape index (κ3) is 5.57. The lowest BCUT2D eigenvalue weighted by atomic mass is 9.84. The van der Waals surface area contributed by atoms with Crippen molar-refractivity contribution in [3.63, 3.8) is 0 Å². The molecule has 1 aromatic heterocycles. The van der Waals surface area contributed by atoms with Gasteiger partial charge in [0.1, 0.15) is 17.3 Å². The van der Waals surface area contributed by atoms with Gasteiger partial charge < -0.3 is 24.4 Å². The highest BCUT2D eigenvalue weighted by atomic mass is 16.5. The van der Waals surface area contributed by atoms with Crippen molar-refractivity contribution in [3.8, 4) is 5.75 Å². The van der Waals surface area contributed by atoms with E-state index in [-0.39, 0.29) is 23.8 Å². The van der Waals surface area contributed by atoms with E-state index >= 15 is 0 Å². The lowest BCUT2D eigenvalue weighted by molar-refractivity contribution is -0.153. The lowest BCUT2D eigenvalue weighted by Gasteiger charge is -2.29. The summed E-state index contributed by atoms with van der Waals surface area (Å²) >= 11 is 0. The fraction of sp³-hybridized carbons (Fsp3) is 0.548. The van der Waals surface area contributed by atoms with Gasteiger partial charge in [-0.2, -0.15) is 0 Å². The van der Waals surface area contributed by atoms with Crippen LogP contribution in [-0.4, -0.2) is 71.5 Å². The number of carbonyl (C=O) groups is 2. The Bertz CT molecular complexity index is 1330. The van der Waals surface area contributed by atoms with Crippen LogP contribution in [0.4, 0.5) is 5.69 Å². The molecule has 1 aliphatic carbocycles. The Hall–Kier alpha value is -3.46. The zero-order valence-electron chi connectivity index (χ0n) is 24.1. The number of nitrogens with one attached hydrogen (secondary N) is 1. The van der Waals surface area contributed by atoms with Crippen LogP contribution in [0.3, 0.4) is 0 Å². The molecule has 40 heavy (non-hydrogen) atoms. The Kier molecular flexibility index (Phi) is 7.61. The highest BCUT2D eigenvalue weighted by molar-refractivity contribution is 6.05. The van der Waals surface area contributed by atoms with Gasteiger partial charge in [0.15, 0.2) is 11.9 Å². The average molecular weight is 549 g/mol.